The van der Waals surface area contributed by atoms with E-state index in [0.29, 0.717) is 25.4 Å². The maximum absolute atomic E-state index is 11.1. The minimum atomic E-state index is -0.0257. The van der Waals surface area contributed by atoms with Crippen LogP contribution in [-0.4, -0.2) is 45.3 Å². The Morgan fingerprint density at radius 2 is 2.11 bits per heavy atom. The van der Waals surface area contributed by atoms with Gasteiger partial charge in [-0.3, -0.25) is 4.79 Å². The Bertz CT molecular complexity index is 288. The molecule has 0 aromatic heterocycles. The number of ether oxygens (including phenoxy) is 4. The lowest BCUT2D eigenvalue weighted by atomic mass is 9.81. The third-order valence-electron chi connectivity index (χ3n) is 3.96. The molecule has 0 saturated carbocycles. The first-order chi connectivity index (χ1) is 9.27. The zero-order valence-electron chi connectivity index (χ0n) is 11.8. The molecule has 110 valence electrons. The largest absolute Gasteiger partial charge is 0.465 e. The highest BCUT2D eigenvalue weighted by molar-refractivity contribution is 5.76. The van der Waals surface area contributed by atoms with Crippen molar-refractivity contribution in [1.82, 2.24) is 0 Å². The number of hydrogen-bond donors (Lipinski definition) is 0. The second-order valence-electron chi connectivity index (χ2n) is 5.28. The lowest BCUT2D eigenvalue weighted by Gasteiger charge is -2.14. The molecule has 0 N–H and O–H groups in total. The first kappa shape index (κ1) is 14.8. The van der Waals surface area contributed by atoms with Crippen LogP contribution in [0.3, 0.4) is 0 Å². The summed E-state index contributed by atoms with van der Waals surface area (Å²) in [6.07, 6.45) is 5.02. The van der Waals surface area contributed by atoms with Crippen molar-refractivity contribution in [2.24, 2.45) is 11.8 Å². The van der Waals surface area contributed by atoms with E-state index < -0.39 is 0 Å². The molecule has 3 aliphatic rings. The molecule has 3 heterocycles. The number of rotatable bonds is 5. The highest BCUT2D eigenvalue weighted by Crippen LogP contribution is 2.46. The number of carbonyl (C=O) groups is 1. The summed E-state index contributed by atoms with van der Waals surface area (Å²) >= 11 is 0. The normalized spacial score (nSPS) is 34.7. The molecule has 3 saturated heterocycles. The zero-order valence-corrected chi connectivity index (χ0v) is 11.8. The summed E-state index contributed by atoms with van der Waals surface area (Å²) in [6, 6.07) is 0. The topological polar surface area (TPSA) is 54.0 Å². The molecule has 0 amide bonds. The van der Waals surface area contributed by atoms with Crippen molar-refractivity contribution >= 4 is 5.97 Å². The van der Waals surface area contributed by atoms with E-state index in [1.54, 1.807) is 7.11 Å². The smallest absolute Gasteiger partial charge is 0.312 e. The van der Waals surface area contributed by atoms with Gasteiger partial charge in [-0.1, -0.05) is 13.3 Å². The van der Waals surface area contributed by atoms with Gasteiger partial charge in [0.2, 0.25) is 0 Å². The summed E-state index contributed by atoms with van der Waals surface area (Å²) in [7, 11) is 1.63. The van der Waals surface area contributed by atoms with Gasteiger partial charge >= 0.3 is 5.97 Å². The van der Waals surface area contributed by atoms with Crippen molar-refractivity contribution in [3.63, 3.8) is 0 Å². The van der Waals surface area contributed by atoms with Gasteiger partial charge in [-0.05, 0) is 19.3 Å². The third-order valence-corrected chi connectivity index (χ3v) is 3.96. The van der Waals surface area contributed by atoms with E-state index >= 15 is 0 Å². The molecule has 5 heteroatoms. The van der Waals surface area contributed by atoms with Gasteiger partial charge in [-0.15, -0.1) is 0 Å². The number of hydrogen-bond acceptors (Lipinski definition) is 5. The van der Waals surface area contributed by atoms with E-state index in [-0.39, 0.29) is 18.0 Å². The molecule has 3 aliphatic heterocycles. The highest BCUT2D eigenvalue weighted by atomic mass is 16.7. The first-order valence-corrected chi connectivity index (χ1v) is 7.16. The maximum atomic E-state index is 11.1. The molecule has 3 rings (SSSR count). The van der Waals surface area contributed by atoms with Gasteiger partial charge in [-0.2, -0.15) is 0 Å². The van der Waals surface area contributed by atoms with E-state index in [4.69, 9.17) is 14.2 Å². The van der Waals surface area contributed by atoms with Crippen LogP contribution in [0.5, 0.6) is 0 Å². The Hall–Kier alpha value is -0.650. The number of cyclic esters (lactones) is 1. The summed E-state index contributed by atoms with van der Waals surface area (Å²) in [5.74, 6) is 0.456. The minimum Gasteiger partial charge on any atom is -0.465 e. The van der Waals surface area contributed by atoms with E-state index in [2.05, 4.69) is 11.7 Å². The first-order valence-electron chi connectivity index (χ1n) is 7.16. The fourth-order valence-electron chi connectivity index (χ4n) is 2.98. The van der Waals surface area contributed by atoms with Crippen LogP contribution in [0.4, 0.5) is 0 Å². The van der Waals surface area contributed by atoms with Crippen LogP contribution in [0.1, 0.15) is 32.6 Å². The van der Waals surface area contributed by atoms with Crippen molar-refractivity contribution in [2.75, 3.05) is 27.1 Å². The Morgan fingerprint density at radius 1 is 1.32 bits per heavy atom. The average molecular weight is 272 g/mol. The zero-order chi connectivity index (χ0) is 13.7. The molecule has 19 heavy (non-hydrogen) atoms. The lowest BCUT2D eigenvalue weighted by molar-refractivity contribution is -0.143. The Balaban J connectivity index is 0.000000151. The molecule has 3 fully saturated rings. The van der Waals surface area contributed by atoms with Crippen LogP contribution < -0.4 is 0 Å². The van der Waals surface area contributed by atoms with Gasteiger partial charge in [0.25, 0.3) is 0 Å². The number of fused-ring (bicyclic) bond motifs is 5. The van der Waals surface area contributed by atoms with Crippen LogP contribution in [0.15, 0.2) is 0 Å². The van der Waals surface area contributed by atoms with Gasteiger partial charge in [-0.25, -0.2) is 0 Å². The molecule has 4 unspecified atom stereocenters. The highest BCUT2D eigenvalue weighted by Gasteiger charge is 2.56. The molecule has 0 spiro atoms. The van der Waals surface area contributed by atoms with Gasteiger partial charge in [0.05, 0.1) is 24.7 Å². The van der Waals surface area contributed by atoms with Gasteiger partial charge in [0, 0.05) is 19.6 Å². The van der Waals surface area contributed by atoms with Gasteiger partial charge in [0.1, 0.15) is 6.79 Å². The van der Waals surface area contributed by atoms with E-state index in [9.17, 15) is 4.79 Å². The van der Waals surface area contributed by atoms with Crippen LogP contribution in [0.25, 0.3) is 0 Å². The fourth-order valence-corrected chi connectivity index (χ4v) is 2.98. The fraction of sp³-hybridized carbons (Fsp3) is 0.929. The number of carbonyl (C=O) groups excluding carboxylic acids is 1. The minimum absolute atomic E-state index is 0.0257. The van der Waals surface area contributed by atoms with Crippen molar-refractivity contribution in [3.8, 4) is 0 Å². The lowest BCUT2D eigenvalue weighted by Crippen LogP contribution is -2.27. The monoisotopic (exact) mass is 272 g/mol. The molecule has 2 bridgehead atoms. The summed E-state index contributed by atoms with van der Waals surface area (Å²) in [5, 5.41) is 0. The van der Waals surface area contributed by atoms with E-state index in [1.807, 2.05) is 0 Å². The molecule has 0 aliphatic carbocycles. The second kappa shape index (κ2) is 7.22. The number of esters is 1. The number of unbranched alkanes of at least 4 members (excludes halogenated alkanes) is 1. The Labute approximate surface area is 114 Å². The molecule has 0 aromatic carbocycles. The van der Waals surface area contributed by atoms with Crippen molar-refractivity contribution in [2.45, 2.75) is 44.8 Å². The molecule has 0 aromatic rings. The molecular formula is C14H24O5. The van der Waals surface area contributed by atoms with E-state index in [1.165, 1.54) is 6.42 Å². The quantitative estimate of drug-likeness (QED) is 0.433. The molecule has 4 atom stereocenters. The molecular weight excluding hydrogens is 248 g/mol. The predicted molar refractivity (Wildman–Crippen MR) is 68.6 cm³/mol. The summed E-state index contributed by atoms with van der Waals surface area (Å²) in [6.45, 7) is 3.99. The predicted octanol–water partition coefficient (Wildman–Crippen LogP) is 1.74. The second-order valence-corrected chi connectivity index (χ2v) is 5.28. The van der Waals surface area contributed by atoms with Crippen LogP contribution in [0, 0.1) is 11.8 Å². The van der Waals surface area contributed by atoms with Gasteiger partial charge < -0.3 is 18.9 Å². The van der Waals surface area contributed by atoms with Gasteiger partial charge in [0.15, 0.2) is 0 Å². The number of methoxy groups -OCH3 is 1. The van der Waals surface area contributed by atoms with Crippen molar-refractivity contribution < 1.29 is 23.7 Å². The van der Waals surface area contributed by atoms with Crippen molar-refractivity contribution in [3.05, 3.63) is 0 Å². The van der Waals surface area contributed by atoms with Crippen LogP contribution >= 0.6 is 0 Å². The van der Waals surface area contributed by atoms with Crippen LogP contribution in [0.2, 0.25) is 0 Å². The third kappa shape index (κ3) is 3.46. The summed E-state index contributed by atoms with van der Waals surface area (Å²) < 4.78 is 20.3. The standard InChI is InChI=1S/C8H10O3.C6H14O2/c9-8-7-4(3-10-8)5-1-2-6(7)11-5;1-3-4-5-8-6-7-2/h4-7H,1-3H2;3-6H2,1-2H3. The SMILES string of the molecule is CCCCOCOC.O=C1OCC2C3CCC(O3)C12. The Kier molecular flexibility index (Phi) is 5.60. The molecule has 5 nitrogen and oxygen atoms in total. The summed E-state index contributed by atoms with van der Waals surface area (Å²) in [5.41, 5.74) is 0. The van der Waals surface area contributed by atoms with Crippen LogP contribution in [-0.2, 0) is 23.7 Å². The van der Waals surface area contributed by atoms with E-state index in [0.717, 1.165) is 25.9 Å². The Morgan fingerprint density at radius 3 is 2.79 bits per heavy atom. The maximum Gasteiger partial charge on any atom is 0.312 e. The average Bonchev–Trinajstić information content (AvgIpc) is 3.10. The molecule has 0 radical (unpaired) electrons. The summed E-state index contributed by atoms with van der Waals surface area (Å²) in [4.78, 5) is 11.1. The van der Waals surface area contributed by atoms with Crippen molar-refractivity contribution in [1.29, 1.82) is 0 Å².